The summed E-state index contributed by atoms with van der Waals surface area (Å²) < 4.78 is 0. The lowest BCUT2D eigenvalue weighted by molar-refractivity contribution is 0.174. The maximum absolute atomic E-state index is 9.96. The van der Waals surface area contributed by atoms with E-state index in [4.69, 9.17) is 5.26 Å². The van der Waals surface area contributed by atoms with Crippen LogP contribution in [0.2, 0.25) is 0 Å². The monoisotopic (exact) mass is 232 g/mol. The Kier molecular flexibility index (Phi) is 4.99. The van der Waals surface area contributed by atoms with Gasteiger partial charge in [0.05, 0.1) is 18.1 Å². The van der Waals surface area contributed by atoms with Crippen molar-refractivity contribution in [1.29, 1.82) is 5.26 Å². The maximum Gasteiger partial charge on any atom is 0.0807 e. The van der Waals surface area contributed by atoms with Gasteiger partial charge in [0.1, 0.15) is 0 Å². The van der Waals surface area contributed by atoms with Crippen molar-refractivity contribution < 1.29 is 5.11 Å². The average Bonchev–Trinajstić information content (AvgIpc) is 2.37. The molecule has 0 aliphatic heterocycles. The van der Waals surface area contributed by atoms with E-state index in [-0.39, 0.29) is 5.92 Å². The Bertz CT molecular complexity index is 397. The quantitative estimate of drug-likeness (QED) is 0.849. The Morgan fingerprint density at radius 2 is 2.06 bits per heavy atom. The molecule has 1 N–H and O–H groups in total. The highest BCUT2D eigenvalue weighted by Gasteiger charge is 2.14. The molecule has 0 saturated carbocycles. The Hall–Kier alpha value is -1.53. The molecule has 0 aromatic heterocycles. The molecule has 0 bridgehead atoms. The number of hydrogen-bond donors (Lipinski definition) is 1. The van der Waals surface area contributed by atoms with Crippen molar-refractivity contribution in [2.24, 2.45) is 5.92 Å². The minimum atomic E-state index is -0.439. The van der Waals surface area contributed by atoms with E-state index in [0.29, 0.717) is 13.0 Å². The van der Waals surface area contributed by atoms with E-state index in [0.717, 1.165) is 11.3 Å². The first kappa shape index (κ1) is 13.5. The SMILES string of the molecule is CC[C@H](O)c1ccccc1N(C)CC(C)C#N. The second kappa shape index (κ2) is 6.27. The van der Waals surface area contributed by atoms with Crippen LogP contribution < -0.4 is 4.90 Å². The van der Waals surface area contributed by atoms with Gasteiger partial charge in [0.15, 0.2) is 0 Å². The van der Waals surface area contributed by atoms with E-state index in [1.165, 1.54) is 0 Å². The summed E-state index contributed by atoms with van der Waals surface area (Å²) in [5.41, 5.74) is 1.94. The van der Waals surface area contributed by atoms with Crippen molar-refractivity contribution in [1.82, 2.24) is 0 Å². The van der Waals surface area contributed by atoms with Crippen LogP contribution in [-0.4, -0.2) is 18.7 Å². The van der Waals surface area contributed by atoms with Gasteiger partial charge in [-0.25, -0.2) is 0 Å². The van der Waals surface area contributed by atoms with Gasteiger partial charge in [0.2, 0.25) is 0 Å². The summed E-state index contributed by atoms with van der Waals surface area (Å²) >= 11 is 0. The molecule has 1 aromatic carbocycles. The topological polar surface area (TPSA) is 47.3 Å². The fourth-order valence-electron chi connectivity index (χ4n) is 1.89. The van der Waals surface area contributed by atoms with E-state index in [1.807, 2.05) is 50.1 Å². The minimum Gasteiger partial charge on any atom is -0.388 e. The average molecular weight is 232 g/mol. The number of para-hydroxylation sites is 1. The van der Waals surface area contributed by atoms with Crippen LogP contribution in [0, 0.1) is 17.2 Å². The van der Waals surface area contributed by atoms with Crippen molar-refractivity contribution in [3.8, 4) is 6.07 Å². The van der Waals surface area contributed by atoms with E-state index in [1.54, 1.807) is 0 Å². The van der Waals surface area contributed by atoms with Crippen molar-refractivity contribution in [2.45, 2.75) is 26.4 Å². The molecule has 17 heavy (non-hydrogen) atoms. The maximum atomic E-state index is 9.96. The molecule has 0 radical (unpaired) electrons. The molecular formula is C14H20N2O. The Morgan fingerprint density at radius 3 is 2.65 bits per heavy atom. The lowest BCUT2D eigenvalue weighted by Crippen LogP contribution is -2.24. The van der Waals surface area contributed by atoms with Crippen molar-refractivity contribution in [3.63, 3.8) is 0 Å². The largest absolute Gasteiger partial charge is 0.388 e. The molecule has 0 aliphatic rings. The number of nitriles is 1. The fourth-order valence-corrected chi connectivity index (χ4v) is 1.89. The summed E-state index contributed by atoms with van der Waals surface area (Å²) in [4.78, 5) is 2.03. The molecule has 3 heteroatoms. The third-order valence-electron chi connectivity index (χ3n) is 2.86. The van der Waals surface area contributed by atoms with E-state index in [2.05, 4.69) is 6.07 Å². The number of nitrogens with zero attached hydrogens (tertiary/aromatic N) is 2. The van der Waals surface area contributed by atoms with Crippen LogP contribution in [0.15, 0.2) is 24.3 Å². The Morgan fingerprint density at radius 1 is 1.41 bits per heavy atom. The number of hydrogen-bond acceptors (Lipinski definition) is 3. The first-order chi connectivity index (χ1) is 8.10. The summed E-state index contributed by atoms with van der Waals surface area (Å²) in [5.74, 6) is -0.0215. The highest BCUT2D eigenvalue weighted by molar-refractivity contribution is 5.54. The lowest BCUT2D eigenvalue weighted by Gasteiger charge is -2.25. The molecule has 92 valence electrons. The van der Waals surface area contributed by atoms with Crippen LogP contribution >= 0.6 is 0 Å². The highest BCUT2D eigenvalue weighted by atomic mass is 16.3. The minimum absolute atomic E-state index is 0.0215. The molecular weight excluding hydrogens is 212 g/mol. The van der Waals surface area contributed by atoms with Crippen LogP contribution in [0.3, 0.4) is 0 Å². The van der Waals surface area contributed by atoms with Gasteiger partial charge in [-0.1, -0.05) is 25.1 Å². The van der Waals surface area contributed by atoms with Gasteiger partial charge in [-0.05, 0) is 19.4 Å². The number of rotatable bonds is 5. The molecule has 0 spiro atoms. The second-order valence-electron chi connectivity index (χ2n) is 4.39. The molecule has 1 unspecified atom stereocenters. The summed E-state index contributed by atoms with van der Waals surface area (Å²) in [5, 5.41) is 18.8. The van der Waals surface area contributed by atoms with Gasteiger partial charge in [-0.2, -0.15) is 5.26 Å². The zero-order valence-corrected chi connectivity index (χ0v) is 10.7. The lowest BCUT2D eigenvalue weighted by atomic mass is 10.0. The molecule has 0 amide bonds. The zero-order chi connectivity index (χ0) is 12.8. The number of anilines is 1. The molecule has 0 heterocycles. The van der Waals surface area contributed by atoms with Crippen LogP contribution in [0.4, 0.5) is 5.69 Å². The first-order valence-corrected chi connectivity index (χ1v) is 5.97. The van der Waals surface area contributed by atoms with Gasteiger partial charge < -0.3 is 10.0 Å². The Balaban J connectivity index is 2.93. The van der Waals surface area contributed by atoms with Gasteiger partial charge in [0, 0.05) is 24.8 Å². The molecule has 0 fully saturated rings. The second-order valence-corrected chi connectivity index (χ2v) is 4.39. The predicted octanol–water partition coefficient (Wildman–Crippen LogP) is 2.73. The summed E-state index contributed by atoms with van der Waals surface area (Å²) in [6.45, 7) is 4.53. The Labute approximate surface area is 103 Å². The first-order valence-electron chi connectivity index (χ1n) is 5.97. The number of aliphatic hydroxyl groups excluding tert-OH is 1. The number of aliphatic hydroxyl groups is 1. The molecule has 0 saturated heterocycles. The molecule has 1 aromatic rings. The van der Waals surface area contributed by atoms with Gasteiger partial charge in [0.25, 0.3) is 0 Å². The van der Waals surface area contributed by atoms with Crippen LogP contribution in [0.25, 0.3) is 0 Å². The van der Waals surface area contributed by atoms with E-state index in [9.17, 15) is 5.11 Å². The van der Waals surface area contributed by atoms with Gasteiger partial charge in [-0.3, -0.25) is 0 Å². The van der Waals surface area contributed by atoms with Crippen LogP contribution in [-0.2, 0) is 0 Å². The van der Waals surface area contributed by atoms with Crippen LogP contribution in [0.5, 0.6) is 0 Å². The van der Waals surface area contributed by atoms with Crippen molar-refractivity contribution in [3.05, 3.63) is 29.8 Å². The predicted molar refractivity (Wildman–Crippen MR) is 69.7 cm³/mol. The molecule has 3 nitrogen and oxygen atoms in total. The van der Waals surface area contributed by atoms with E-state index >= 15 is 0 Å². The zero-order valence-electron chi connectivity index (χ0n) is 10.7. The fraction of sp³-hybridized carbons (Fsp3) is 0.500. The summed E-state index contributed by atoms with van der Waals surface area (Å²) in [6, 6.07) is 10.0. The highest BCUT2D eigenvalue weighted by Crippen LogP contribution is 2.27. The normalized spacial score (nSPS) is 13.8. The van der Waals surface area contributed by atoms with Gasteiger partial charge in [-0.15, -0.1) is 0 Å². The van der Waals surface area contributed by atoms with Gasteiger partial charge >= 0.3 is 0 Å². The van der Waals surface area contributed by atoms with Crippen LogP contribution in [0.1, 0.15) is 31.9 Å². The standard InChI is InChI=1S/C14H20N2O/c1-4-14(17)12-7-5-6-8-13(12)16(3)10-11(2)9-15/h5-8,11,14,17H,4,10H2,1-3H3/t11?,14-/m0/s1. The smallest absolute Gasteiger partial charge is 0.0807 e. The molecule has 1 rings (SSSR count). The number of benzene rings is 1. The summed E-state index contributed by atoms with van der Waals surface area (Å²) in [7, 11) is 1.95. The summed E-state index contributed by atoms with van der Waals surface area (Å²) in [6.07, 6.45) is 0.254. The third kappa shape index (κ3) is 3.47. The van der Waals surface area contributed by atoms with Crippen molar-refractivity contribution >= 4 is 5.69 Å². The third-order valence-corrected chi connectivity index (χ3v) is 2.86. The van der Waals surface area contributed by atoms with E-state index < -0.39 is 6.10 Å². The van der Waals surface area contributed by atoms with Crippen molar-refractivity contribution in [2.75, 3.05) is 18.5 Å². The molecule has 2 atom stereocenters. The molecule has 0 aliphatic carbocycles.